The van der Waals surface area contributed by atoms with Gasteiger partial charge < -0.3 is 70.8 Å². The molecule has 0 fully saturated rings. The van der Waals surface area contributed by atoms with Gasteiger partial charge in [0.05, 0.1) is 60.1 Å². The zero-order valence-corrected chi connectivity index (χ0v) is 78.0. The maximum Gasteiger partial charge on any atom is 0.338 e. The fourth-order valence-corrected chi connectivity index (χ4v) is 14.1. The third-order valence-electron chi connectivity index (χ3n) is 21.6. The highest BCUT2D eigenvalue weighted by molar-refractivity contribution is 5.95. The van der Waals surface area contributed by atoms with Gasteiger partial charge in [-0.3, -0.25) is 28.8 Å². The molecule has 3 unspecified atom stereocenters. The van der Waals surface area contributed by atoms with Crippen LogP contribution in [0.1, 0.15) is 262 Å². The van der Waals surface area contributed by atoms with Crippen molar-refractivity contribution in [2.75, 3.05) is 48.5 Å². The molecular formula is C93H146N8O18. The molecule has 26 heteroatoms. The van der Waals surface area contributed by atoms with Crippen molar-refractivity contribution in [3.63, 3.8) is 0 Å². The van der Waals surface area contributed by atoms with E-state index in [4.69, 9.17) is 14.2 Å². The van der Waals surface area contributed by atoms with Crippen LogP contribution >= 0.6 is 0 Å². The summed E-state index contributed by atoms with van der Waals surface area (Å²) in [5.74, 6) is -6.64. The first-order valence-corrected chi connectivity index (χ1v) is 41.0. The molecule has 119 heavy (non-hydrogen) atoms. The number of hydrogen-bond donors (Lipinski definition) is 8. The predicted molar refractivity (Wildman–Crippen MR) is 467 cm³/mol. The highest BCUT2D eigenvalue weighted by Gasteiger charge is 2.46. The average molecular weight is 1660 g/mol. The predicted octanol–water partition coefficient (Wildman–Crippen LogP) is 13.5. The summed E-state index contributed by atoms with van der Waals surface area (Å²) in [4.78, 5) is 158. The van der Waals surface area contributed by atoms with E-state index in [-0.39, 0.29) is 89.2 Å². The Morgan fingerprint density at radius 2 is 0.647 bits per heavy atom. The van der Waals surface area contributed by atoms with Gasteiger partial charge in [0.25, 0.3) is 0 Å². The molecule has 666 valence electrons. The average Bonchev–Trinajstić information content (AvgIpc) is 0.796. The summed E-state index contributed by atoms with van der Waals surface area (Å²) in [6, 6.07) is 14.7. The van der Waals surface area contributed by atoms with Crippen molar-refractivity contribution in [2.45, 2.75) is 284 Å². The topological polar surface area (TPSA) is 363 Å². The van der Waals surface area contributed by atoms with E-state index in [9.17, 15) is 72.9 Å². The third kappa shape index (κ3) is 30.9. The minimum absolute atomic E-state index is 0.00240. The number of amides is 6. The maximum absolute atomic E-state index is 14.0. The van der Waals surface area contributed by atoms with E-state index in [1.807, 2.05) is 185 Å². The normalized spacial score (nSPS) is 14.9. The fourth-order valence-electron chi connectivity index (χ4n) is 14.1. The number of carboxylic acid groups (broad SMARTS) is 3. The van der Waals surface area contributed by atoms with Crippen LogP contribution < -0.4 is 26.6 Å². The van der Waals surface area contributed by atoms with Gasteiger partial charge in [-0.1, -0.05) is 207 Å². The second-order valence-electron chi connectivity index (χ2n) is 37.7. The van der Waals surface area contributed by atoms with Crippen molar-refractivity contribution in [3.05, 3.63) is 141 Å². The summed E-state index contributed by atoms with van der Waals surface area (Å²) in [5.41, 5.74) is -0.322. The number of carboxylic acids is 3. The number of nitrogens with one attached hydrogen (secondary N) is 5. The monoisotopic (exact) mass is 1660 g/mol. The van der Waals surface area contributed by atoms with Crippen LogP contribution in [-0.4, -0.2) is 204 Å². The van der Waals surface area contributed by atoms with Crippen LogP contribution in [0.25, 0.3) is 0 Å². The number of likely N-dealkylation sites (N-methyl/N-ethyl adjacent to an activating group) is 5. The number of benzene rings is 3. The quantitative estimate of drug-likeness (QED) is 0.0154. The first-order valence-electron chi connectivity index (χ1n) is 41.0. The lowest BCUT2D eigenvalue weighted by Gasteiger charge is -2.40. The Balaban J connectivity index is 0.000000895. The summed E-state index contributed by atoms with van der Waals surface area (Å²) in [5, 5.41) is 42.9. The molecule has 6 amide bonds. The van der Waals surface area contributed by atoms with E-state index in [1.54, 1.807) is 127 Å². The number of aliphatic carboxylic acids is 1. The molecule has 3 aromatic rings. The number of ether oxygens (including phenoxy) is 3. The largest absolute Gasteiger partial charge is 0.478 e. The van der Waals surface area contributed by atoms with Crippen LogP contribution in [0.15, 0.2) is 108 Å². The summed E-state index contributed by atoms with van der Waals surface area (Å²) in [6.07, 6.45) is 5.61. The Kier molecular flexibility index (Phi) is 40.8. The number of aromatic carboxylic acids is 2. The van der Waals surface area contributed by atoms with Crippen molar-refractivity contribution >= 4 is 71.3 Å². The molecule has 0 spiro atoms. The lowest BCUT2D eigenvalue weighted by atomic mass is 9.71. The molecule has 0 bridgehead atoms. The van der Waals surface area contributed by atoms with Gasteiger partial charge in [-0.25, -0.2) is 28.8 Å². The van der Waals surface area contributed by atoms with Gasteiger partial charge in [-0.05, 0) is 163 Å². The highest BCUT2D eigenvalue weighted by atomic mass is 16.6. The lowest BCUT2D eigenvalue weighted by Crippen LogP contribution is -2.61. The third-order valence-corrected chi connectivity index (χ3v) is 21.6. The van der Waals surface area contributed by atoms with Crippen molar-refractivity contribution in [1.82, 2.24) is 41.3 Å². The molecule has 0 aliphatic heterocycles. The smallest absolute Gasteiger partial charge is 0.338 e. The summed E-state index contributed by atoms with van der Waals surface area (Å²) in [7, 11) is 8.34. The molecule has 3 rings (SSSR count). The van der Waals surface area contributed by atoms with Gasteiger partial charge in [0.15, 0.2) is 0 Å². The molecule has 0 heterocycles. The van der Waals surface area contributed by atoms with Gasteiger partial charge in [0.2, 0.25) is 35.4 Å². The van der Waals surface area contributed by atoms with Crippen LogP contribution in [0.4, 0.5) is 0 Å². The van der Waals surface area contributed by atoms with E-state index in [2.05, 4.69) is 26.6 Å². The molecular weight excluding hydrogens is 1520 g/mol. The lowest BCUT2D eigenvalue weighted by molar-refractivity contribution is -0.142. The SMILES string of the molecule is CCOC(=O)/C(C)=C/[C@H](C(C)C)N(C)C(=O)[C@@H](NC(=O)C(CC)C(C)(C)c1ccc(C(=O)OC(C)(C)C)cc1)C(C)(C)C.CCOC(=O)/C(C)=C/[C@H](C(C)C)N(C)C(=O)[C@@H](NC(=O)C(NC)C(C)(C)c1ccc(C(=O)O)cc1)C(C)(C)C.CNC(C(=O)N[C@H](C(=O)N(C)[C@H](/C=C(\C)C(=O)O)C(C)C)C(C)(C)C)C(C)(C)c1ccc(C(=O)O)cc1. The molecule has 0 aromatic heterocycles. The van der Waals surface area contributed by atoms with Gasteiger partial charge in [-0.15, -0.1) is 0 Å². The maximum atomic E-state index is 14.0. The fraction of sp³-hybridized carbons (Fsp3) is 0.613. The van der Waals surface area contributed by atoms with Gasteiger partial charge in [0, 0.05) is 60.0 Å². The minimum atomic E-state index is -1.05. The molecule has 0 radical (unpaired) electrons. The summed E-state index contributed by atoms with van der Waals surface area (Å²) >= 11 is 0. The Bertz CT molecular complexity index is 4050. The number of carbonyl (C=O) groups is 12. The second-order valence-corrected chi connectivity index (χ2v) is 37.7. The van der Waals surface area contributed by atoms with Gasteiger partial charge >= 0.3 is 35.8 Å². The molecule has 0 saturated carbocycles. The van der Waals surface area contributed by atoms with Crippen LogP contribution in [0.3, 0.4) is 0 Å². The van der Waals surface area contributed by atoms with Gasteiger partial charge in [0.1, 0.15) is 23.7 Å². The zero-order valence-electron chi connectivity index (χ0n) is 78.0. The van der Waals surface area contributed by atoms with E-state index in [0.29, 0.717) is 23.1 Å². The molecule has 8 N–H and O–H groups in total. The summed E-state index contributed by atoms with van der Waals surface area (Å²) < 4.78 is 15.7. The number of esters is 3. The first kappa shape index (κ1) is 107. The first-order chi connectivity index (χ1) is 54.3. The second kappa shape index (κ2) is 45.2. The number of hydrogen-bond acceptors (Lipinski definition) is 17. The van der Waals surface area contributed by atoms with Crippen molar-refractivity contribution < 1.29 is 87.1 Å². The number of rotatable bonds is 35. The molecule has 0 aliphatic rings. The summed E-state index contributed by atoms with van der Waals surface area (Å²) in [6.45, 7) is 56.5. The Morgan fingerprint density at radius 1 is 0.387 bits per heavy atom. The number of carbonyl (C=O) groups excluding carboxylic acids is 9. The Labute approximate surface area is 710 Å². The Hall–Kier alpha value is -9.56. The molecule has 26 nitrogen and oxygen atoms in total. The number of nitrogens with zero attached hydrogens (tertiary/aromatic N) is 3. The standard InChI is InChI=1S/C35H56N2O6.C30H47N3O6.C28H43N3O6/c1-15-26(35(12,13)25-19-17-24(18-20-25)32(41)43-34(9,10)11)29(38)36-28(33(6,7)8)30(39)37(14)27(22(3)4)21-23(5)31(40)42-16-2;1-12-39-28(38)19(4)17-22(18(2)3)33(11)26(35)24(29(5,6)7)32-25(34)23(31-10)30(8,9)21-15-13-20(14-16-21)27(36)37;1-16(2)20(15-17(3)25(34)35)31(10)24(33)22(27(4,5)6)30-23(32)21(29-9)28(7,8)19-13-11-18(12-14-19)26(36)37/h17-22,26-28H,15-16H2,1-14H3,(H,36,38);13-18,22-24,31H,12H2,1-11H3,(H,32,34)(H,36,37);11-16,20-22,29H,1-10H3,(H,30,32)(H,34,35)(H,36,37)/b23-21+;19-17+;17-15+/t26?,27-,28-;22-,23?,24-;20-,21?,22-/m111/s1. The van der Waals surface area contributed by atoms with E-state index in [0.717, 1.165) is 16.7 Å². The molecule has 0 aliphatic carbocycles. The molecule has 9 atom stereocenters. The molecule has 0 saturated heterocycles. The van der Waals surface area contributed by atoms with E-state index in [1.165, 1.54) is 36.1 Å². The van der Waals surface area contributed by atoms with Crippen molar-refractivity contribution in [1.29, 1.82) is 0 Å². The van der Waals surface area contributed by atoms with Crippen molar-refractivity contribution in [3.8, 4) is 0 Å². The Morgan fingerprint density at radius 3 is 0.874 bits per heavy atom. The van der Waals surface area contributed by atoms with Crippen LogP contribution in [-0.2, 0) is 73.6 Å². The minimum Gasteiger partial charge on any atom is -0.478 e. The van der Waals surface area contributed by atoms with Crippen LogP contribution in [0.2, 0.25) is 0 Å². The van der Waals surface area contributed by atoms with Crippen molar-refractivity contribution in [2.24, 2.45) is 39.9 Å². The molecule has 3 aromatic carbocycles. The van der Waals surface area contributed by atoms with E-state index >= 15 is 0 Å². The highest BCUT2D eigenvalue weighted by Crippen LogP contribution is 2.37. The van der Waals surface area contributed by atoms with Crippen LogP contribution in [0.5, 0.6) is 0 Å². The van der Waals surface area contributed by atoms with Crippen LogP contribution in [0, 0.1) is 39.9 Å². The van der Waals surface area contributed by atoms with E-state index < -0.39 is 122 Å². The van der Waals surface area contributed by atoms with Gasteiger partial charge in [-0.2, -0.15) is 0 Å². The zero-order chi connectivity index (χ0) is 92.7.